The Labute approximate surface area is 69.3 Å². The normalized spacial score (nSPS) is 9.33. The monoisotopic (exact) mass is 164 g/mol. The standard InChI is InChI=1S/C8H8N2O2/c1-2-10-7(11)4-3-6(5-9)8(10)12/h3-4,11H,2H2,1H3. The van der Waals surface area contributed by atoms with Crippen molar-refractivity contribution in [3.8, 4) is 11.9 Å². The lowest BCUT2D eigenvalue weighted by Gasteiger charge is -2.03. The van der Waals surface area contributed by atoms with Gasteiger partial charge in [0.05, 0.1) is 0 Å². The molecule has 0 spiro atoms. The molecule has 0 aliphatic carbocycles. The second-order valence-electron chi connectivity index (χ2n) is 2.27. The first kappa shape index (κ1) is 8.34. The maximum atomic E-state index is 11.2. The first-order valence-electron chi connectivity index (χ1n) is 3.53. The van der Waals surface area contributed by atoms with Crippen LogP contribution < -0.4 is 5.56 Å². The van der Waals surface area contributed by atoms with Gasteiger partial charge in [0.2, 0.25) is 0 Å². The molecule has 0 amide bonds. The van der Waals surface area contributed by atoms with Crippen molar-refractivity contribution >= 4 is 0 Å². The third-order valence-electron chi connectivity index (χ3n) is 1.59. The summed E-state index contributed by atoms with van der Waals surface area (Å²) in [6, 6.07) is 4.40. The van der Waals surface area contributed by atoms with Crippen LogP contribution in [0.25, 0.3) is 0 Å². The molecular formula is C8H8N2O2. The van der Waals surface area contributed by atoms with Crippen LogP contribution in [0.4, 0.5) is 0 Å². The molecule has 0 fully saturated rings. The van der Waals surface area contributed by atoms with Crippen molar-refractivity contribution in [2.75, 3.05) is 0 Å². The molecular weight excluding hydrogens is 156 g/mol. The second kappa shape index (κ2) is 3.09. The van der Waals surface area contributed by atoms with Gasteiger partial charge in [0.25, 0.3) is 5.56 Å². The highest BCUT2D eigenvalue weighted by Gasteiger charge is 2.04. The summed E-state index contributed by atoms with van der Waals surface area (Å²) in [6.07, 6.45) is 0. The Kier molecular flexibility index (Phi) is 2.15. The number of rotatable bonds is 1. The highest BCUT2D eigenvalue weighted by Crippen LogP contribution is 2.05. The lowest BCUT2D eigenvalue weighted by atomic mass is 10.3. The molecule has 12 heavy (non-hydrogen) atoms. The Morgan fingerprint density at radius 3 is 2.83 bits per heavy atom. The fourth-order valence-corrected chi connectivity index (χ4v) is 0.959. The van der Waals surface area contributed by atoms with Crippen LogP contribution in [-0.2, 0) is 6.54 Å². The smallest absolute Gasteiger partial charge is 0.271 e. The molecule has 0 unspecified atom stereocenters. The molecule has 0 radical (unpaired) electrons. The predicted molar refractivity (Wildman–Crippen MR) is 42.8 cm³/mol. The summed E-state index contributed by atoms with van der Waals surface area (Å²) in [5.41, 5.74) is -0.394. The topological polar surface area (TPSA) is 66.0 Å². The highest BCUT2D eigenvalue weighted by molar-refractivity contribution is 5.29. The van der Waals surface area contributed by atoms with Crippen LogP contribution in [0.5, 0.6) is 5.88 Å². The minimum Gasteiger partial charge on any atom is -0.494 e. The summed E-state index contributed by atoms with van der Waals surface area (Å²) >= 11 is 0. The Hall–Kier alpha value is -1.76. The maximum Gasteiger partial charge on any atom is 0.271 e. The zero-order valence-corrected chi connectivity index (χ0v) is 6.61. The summed E-state index contributed by atoms with van der Waals surface area (Å²) in [5, 5.41) is 17.6. The average molecular weight is 164 g/mol. The third-order valence-corrected chi connectivity index (χ3v) is 1.59. The largest absolute Gasteiger partial charge is 0.494 e. The van der Waals surface area contributed by atoms with Gasteiger partial charge in [0, 0.05) is 6.54 Å². The number of hydrogen-bond acceptors (Lipinski definition) is 3. The summed E-state index contributed by atoms with van der Waals surface area (Å²) in [6.45, 7) is 2.09. The van der Waals surface area contributed by atoms with E-state index in [2.05, 4.69) is 0 Å². The van der Waals surface area contributed by atoms with Gasteiger partial charge in [-0.15, -0.1) is 0 Å². The highest BCUT2D eigenvalue weighted by atomic mass is 16.3. The summed E-state index contributed by atoms with van der Waals surface area (Å²) in [7, 11) is 0. The third kappa shape index (κ3) is 1.17. The molecule has 1 aromatic rings. The number of aromatic hydroxyl groups is 1. The van der Waals surface area contributed by atoms with Crippen molar-refractivity contribution in [3.63, 3.8) is 0 Å². The van der Waals surface area contributed by atoms with Crippen LogP contribution in [0.3, 0.4) is 0 Å². The minimum absolute atomic E-state index is 0.0506. The van der Waals surface area contributed by atoms with Crippen molar-refractivity contribution < 1.29 is 5.11 Å². The van der Waals surface area contributed by atoms with E-state index in [-0.39, 0.29) is 11.4 Å². The van der Waals surface area contributed by atoms with Crippen LogP contribution in [0.15, 0.2) is 16.9 Å². The van der Waals surface area contributed by atoms with Gasteiger partial charge < -0.3 is 5.11 Å². The van der Waals surface area contributed by atoms with E-state index in [0.29, 0.717) is 6.54 Å². The van der Waals surface area contributed by atoms with E-state index in [1.807, 2.05) is 0 Å². The zero-order chi connectivity index (χ0) is 9.14. The Morgan fingerprint density at radius 1 is 1.67 bits per heavy atom. The van der Waals surface area contributed by atoms with Crippen molar-refractivity contribution in [2.24, 2.45) is 0 Å². The number of aromatic nitrogens is 1. The van der Waals surface area contributed by atoms with Gasteiger partial charge >= 0.3 is 0 Å². The molecule has 0 bridgehead atoms. The molecule has 0 atom stereocenters. The zero-order valence-electron chi connectivity index (χ0n) is 6.61. The molecule has 0 aromatic carbocycles. The van der Waals surface area contributed by atoms with Crippen LogP contribution in [-0.4, -0.2) is 9.67 Å². The molecule has 4 nitrogen and oxygen atoms in total. The molecule has 1 rings (SSSR count). The summed E-state index contributed by atoms with van der Waals surface area (Å²) in [5.74, 6) is -0.110. The number of nitrogens with zero attached hydrogens (tertiary/aromatic N) is 2. The van der Waals surface area contributed by atoms with E-state index in [1.54, 1.807) is 13.0 Å². The van der Waals surface area contributed by atoms with E-state index in [9.17, 15) is 4.79 Å². The molecule has 1 heterocycles. The fraction of sp³-hybridized carbons (Fsp3) is 0.250. The molecule has 4 heteroatoms. The lowest BCUT2D eigenvalue weighted by molar-refractivity contribution is 0.411. The van der Waals surface area contributed by atoms with Crippen molar-refractivity contribution in [1.29, 1.82) is 5.26 Å². The summed E-state index contributed by atoms with van der Waals surface area (Å²) in [4.78, 5) is 11.2. The van der Waals surface area contributed by atoms with Crippen LogP contribution in [0.1, 0.15) is 12.5 Å². The first-order chi connectivity index (χ1) is 5.70. The van der Waals surface area contributed by atoms with Gasteiger partial charge in [-0.25, -0.2) is 0 Å². The Balaban J connectivity index is 3.48. The SMILES string of the molecule is CCn1c(O)ccc(C#N)c1=O. The molecule has 0 saturated carbocycles. The van der Waals surface area contributed by atoms with Crippen LogP contribution in [0.2, 0.25) is 0 Å². The van der Waals surface area contributed by atoms with E-state index in [4.69, 9.17) is 10.4 Å². The van der Waals surface area contributed by atoms with E-state index in [1.165, 1.54) is 12.1 Å². The number of pyridine rings is 1. The first-order valence-corrected chi connectivity index (χ1v) is 3.53. The van der Waals surface area contributed by atoms with Gasteiger partial charge in [-0.3, -0.25) is 9.36 Å². The van der Waals surface area contributed by atoms with Crippen molar-refractivity contribution in [1.82, 2.24) is 4.57 Å². The van der Waals surface area contributed by atoms with Crippen LogP contribution in [0, 0.1) is 11.3 Å². The predicted octanol–water partition coefficient (Wildman–Crippen LogP) is 0.445. The molecule has 0 aliphatic heterocycles. The average Bonchev–Trinajstić information content (AvgIpc) is 2.06. The van der Waals surface area contributed by atoms with Gasteiger partial charge in [-0.2, -0.15) is 5.26 Å². The van der Waals surface area contributed by atoms with Gasteiger partial charge in [0.15, 0.2) is 5.88 Å². The molecule has 1 N–H and O–H groups in total. The van der Waals surface area contributed by atoms with Crippen molar-refractivity contribution in [3.05, 3.63) is 28.0 Å². The van der Waals surface area contributed by atoms with Crippen LogP contribution >= 0.6 is 0 Å². The fourth-order valence-electron chi connectivity index (χ4n) is 0.959. The lowest BCUT2D eigenvalue weighted by Crippen LogP contribution is -2.21. The van der Waals surface area contributed by atoms with Gasteiger partial charge in [-0.1, -0.05) is 0 Å². The number of hydrogen-bond donors (Lipinski definition) is 1. The second-order valence-corrected chi connectivity index (χ2v) is 2.27. The molecule has 1 aromatic heterocycles. The van der Waals surface area contributed by atoms with E-state index < -0.39 is 5.56 Å². The van der Waals surface area contributed by atoms with E-state index >= 15 is 0 Å². The maximum absolute atomic E-state index is 11.2. The molecule has 0 saturated heterocycles. The van der Waals surface area contributed by atoms with Gasteiger partial charge in [0.1, 0.15) is 11.6 Å². The minimum atomic E-state index is -0.444. The number of nitriles is 1. The van der Waals surface area contributed by atoms with Gasteiger partial charge in [-0.05, 0) is 19.1 Å². The van der Waals surface area contributed by atoms with E-state index in [0.717, 1.165) is 4.57 Å². The Morgan fingerprint density at radius 2 is 2.33 bits per heavy atom. The van der Waals surface area contributed by atoms with Crippen molar-refractivity contribution in [2.45, 2.75) is 13.5 Å². The Bertz CT molecular complexity index is 387. The quantitative estimate of drug-likeness (QED) is 0.655. The summed E-state index contributed by atoms with van der Waals surface area (Å²) < 4.78 is 1.14. The molecule has 62 valence electrons. The molecule has 0 aliphatic rings.